The third-order valence-corrected chi connectivity index (χ3v) is 6.45. The number of carbonyl (C=O) groups excluding carboxylic acids is 1. The summed E-state index contributed by atoms with van der Waals surface area (Å²) in [6.07, 6.45) is -1.41. The maximum absolute atomic E-state index is 14.5. The second kappa shape index (κ2) is 12.2. The van der Waals surface area contributed by atoms with Crippen molar-refractivity contribution >= 4 is 28.6 Å². The van der Waals surface area contributed by atoms with Gasteiger partial charge in [0, 0.05) is 24.5 Å². The molecule has 0 aliphatic rings. The Morgan fingerprint density at radius 1 is 1.10 bits per heavy atom. The fraction of sp³-hybridized carbons (Fsp3) is 0.231. The van der Waals surface area contributed by atoms with Crippen LogP contribution in [-0.2, 0) is 6.18 Å². The van der Waals surface area contributed by atoms with E-state index in [0.29, 0.717) is 24.2 Å². The lowest BCUT2D eigenvalue weighted by Crippen LogP contribution is -2.27. The summed E-state index contributed by atoms with van der Waals surface area (Å²) in [5.41, 5.74) is -0.426. The summed E-state index contributed by atoms with van der Waals surface area (Å²) in [6, 6.07) is 9.22. The lowest BCUT2D eigenvalue weighted by molar-refractivity contribution is -0.138. The van der Waals surface area contributed by atoms with Crippen LogP contribution in [-0.4, -0.2) is 48.3 Å². The molecule has 8 nitrogen and oxygen atoms in total. The number of hydrogen-bond donors (Lipinski definition) is 2. The van der Waals surface area contributed by atoms with Crippen LogP contribution in [0.4, 0.5) is 28.9 Å². The minimum Gasteiger partial charge on any atom is -0.454 e. The standard InChI is InChI=1S/C26H24F4N6O2S/c1-31-11-5-13-36(2)23-18(34-24(37)25-35-19(15-39-25)16-10-12-32-33-14-16)8-9-21(22(23)26(28,29)30)38-20-7-4-3-6-17(20)27/h3-4,6-10,12,14-15,31H,5,11,13H2,1-2H3,(H,34,37). The molecule has 0 fully saturated rings. The van der Waals surface area contributed by atoms with E-state index in [1.807, 2.05) is 0 Å². The zero-order valence-electron chi connectivity index (χ0n) is 20.9. The van der Waals surface area contributed by atoms with Crippen molar-refractivity contribution in [3.63, 3.8) is 0 Å². The van der Waals surface area contributed by atoms with E-state index in [0.717, 1.165) is 23.5 Å². The Kier molecular flexibility index (Phi) is 8.72. The zero-order valence-corrected chi connectivity index (χ0v) is 21.7. The fourth-order valence-electron chi connectivity index (χ4n) is 3.81. The van der Waals surface area contributed by atoms with Crippen LogP contribution in [0.1, 0.15) is 21.8 Å². The summed E-state index contributed by atoms with van der Waals surface area (Å²) in [6.45, 7) is 0.789. The van der Waals surface area contributed by atoms with Gasteiger partial charge in [0.2, 0.25) is 0 Å². The SMILES string of the molecule is CNCCCN(C)c1c(NC(=O)c2nc(-c3ccnnc3)cs2)ccc(Oc2ccccc2F)c1C(F)(F)F. The van der Waals surface area contributed by atoms with Crippen LogP contribution in [0, 0.1) is 5.82 Å². The van der Waals surface area contributed by atoms with Crippen LogP contribution in [0.3, 0.4) is 0 Å². The Labute approximate surface area is 225 Å². The number of nitrogens with one attached hydrogen (secondary N) is 2. The number of ether oxygens (including phenoxy) is 1. The Bertz CT molecular complexity index is 1430. The van der Waals surface area contributed by atoms with E-state index in [-0.39, 0.29) is 28.7 Å². The Morgan fingerprint density at radius 3 is 2.59 bits per heavy atom. The summed E-state index contributed by atoms with van der Waals surface area (Å²) < 4.78 is 63.3. The molecule has 4 rings (SSSR count). The molecule has 2 aromatic heterocycles. The lowest BCUT2D eigenvalue weighted by Gasteiger charge is -2.28. The minimum absolute atomic E-state index is 0.0471. The number of para-hydroxylation sites is 1. The quantitative estimate of drug-likeness (QED) is 0.186. The van der Waals surface area contributed by atoms with Gasteiger partial charge in [-0.1, -0.05) is 12.1 Å². The molecule has 2 N–H and O–H groups in total. The van der Waals surface area contributed by atoms with Crippen LogP contribution in [0.15, 0.2) is 60.2 Å². The van der Waals surface area contributed by atoms with Gasteiger partial charge >= 0.3 is 6.18 Å². The predicted molar refractivity (Wildman–Crippen MR) is 141 cm³/mol. The van der Waals surface area contributed by atoms with E-state index in [4.69, 9.17) is 4.74 Å². The van der Waals surface area contributed by atoms with E-state index in [1.54, 1.807) is 18.5 Å². The number of nitrogens with zero attached hydrogens (tertiary/aromatic N) is 4. The minimum atomic E-state index is -4.89. The Morgan fingerprint density at radius 2 is 1.90 bits per heavy atom. The molecular formula is C26H24F4N6O2S. The van der Waals surface area contributed by atoms with E-state index in [2.05, 4.69) is 25.8 Å². The van der Waals surface area contributed by atoms with Crippen molar-refractivity contribution in [3.05, 3.63) is 76.6 Å². The number of carbonyl (C=O) groups is 1. The number of alkyl halides is 3. The molecule has 1 amide bonds. The topological polar surface area (TPSA) is 92.3 Å². The number of anilines is 2. The van der Waals surface area contributed by atoms with Gasteiger partial charge in [0.25, 0.3) is 5.91 Å². The molecular weight excluding hydrogens is 536 g/mol. The first kappa shape index (κ1) is 27.9. The number of thiazole rings is 1. The number of aromatic nitrogens is 3. The molecule has 4 aromatic rings. The smallest absolute Gasteiger partial charge is 0.422 e. The van der Waals surface area contributed by atoms with Crippen molar-refractivity contribution in [2.75, 3.05) is 37.4 Å². The van der Waals surface area contributed by atoms with Gasteiger partial charge in [-0.3, -0.25) is 4.79 Å². The van der Waals surface area contributed by atoms with Crippen molar-refractivity contribution < 1.29 is 27.1 Å². The summed E-state index contributed by atoms with van der Waals surface area (Å²) in [5, 5.41) is 14.7. The molecule has 0 spiro atoms. The van der Waals surface area contributed by atoms with Gasteiger partial charge in [0.05, 0.1) is 29.5 Å². The van der Waals surface area contributed by atoms with Gasteiger partial charge < -0.3 is 20.3 Å². The molecule has 39 heavy (non-hydrogen) atoms. The number of rotatable bonds is 10. The van der Waals surface area contributed by atoms with Crippen molar-refractivity contribution in [1.82, 2.24) is 20.5 Å². The van der Waals surface area contributed by atoms with Crippen LogP contribution in [0.2, 0.25) is 0 Å². The summed E-state index contributed by atoms with van der Waals surface area (Å²) in [7, 11) is 3.22. The molecule has 2 heterocycles. The highest BCUT2D eigenvalue weighted by molar-refractivity contribution is 7.12. The van der Waals surface area contributed by atoms with Gasteiger partial charge in [-0.05, 0) is 50.3 Å². The zero-order chi connectivity index (χ0) is 28.0. The van der Waals surface area contributed by atoms with E-state index < -0.39 is 29.2 Å². The number of amides is 1. The molecule has 0 saturated heterocycles. The van der Waals surface area contributed by atoms with Gasteiger partial charge in [-0.2, -0.15) is 23.4 Å². The van der Waals surface area contributed by atoms with Crippen LogP contribution >= 0.6 is 11.3 Å². The predicted octanol–water partition coefficient (Wildman–Crippen LogP) is 5.85. The molecule has 0 saturated carbocycles. The third-order valence-electron chi connectivity index (χ3n) is 5.61. The molecule has 0 atom stereocenters. The number of halogens is 4. The average molecular weight is 561 g/mol. The summed E-state index contributed by atoms with van der Waals surface area (Å²) in [4.78, 5) is 18.8. The molecule has 0 radical (unpaired) electrons. The average Bonchev–Trinajstić information content (AvgIpc) is 3.41. The van der Waals surface area contributed by atoms with E-state index >= 15 is 0 Å². The molecule has 0 unspecified atom stereocenters. The molecule has 13 heteroatoms. The molecule has 204 valence electrons. The van der Waals surface area contributed by atoms with Crippen molar-refractivity contribution in [3.8, 4) is 22.8 Å². The molecule has 0 bridgehead atoms. The maximum Gasteiger partial charge on any atom is 0.422 e. The second-order valence-corrected chi connectivity index (χ2v) is 9.23. The summed E-state index contributed by atoms with van der Waals surface area (Å²) in [5.74, 6) is -2.45. The first-order chi connectivity index (χ1) is 18.7. The van der Waals surface area contributed by atoms with Crippen molar-refractivity contribution in [1.29, 1.82) is 0 Å². The van der Waals surface area contributed by atoms with Crippen LogP contribution in [0.5, 0.6) is 11.5 Å². The van der Waals surface area contributed by atoms with E-state index in [1.165, 1.54) is 48.6 Å². The van der Waals surface area contributed by atoms with Gasteiger partial charge in [0.1, 0.15) is 11.3 Å². The Hall–Kier alpha value is -4.10. The summed E-state index contributed by atoms with van der Waals surface area (Å²) >= 11 is 1.04. The van der Waals surface area contributed by atoms with E-state index in [9.17, 15) is 22.4 Å². The first-order valence-electron chi connectivity index (χ1n) is 11.7. The highest BCUT2D eigenvalue weighted by Crippen LogP contribution is 2.47. The maximum atomic E-state index is 14.5. The Balaban J connectivity index is 1.74. The van der Waals surface area contributed by atoms with Gasteiger partial charge in [-0.25, -0.2) is 9.37 Å². The number of hydrogen-bond acceptors (Lipinski definition) is 8. The molecule has 0 aliphatic heterocycles. The van der Waals surface area contributed by atoms with Crippen molar-refractivity contribution in [2.24, 2.45) is 0 Å². The molecule has 2 aromatic carbocycles. The van der Waals surface area contributed by atoms with Crippen LogP contribution < -0.4 is 20.3 Å². The van der Waals surface area contributed by atoms with Gasteiger partial charge in [-0.15, -0.1) is 11.3 Å². The normalized spacial score (nSPS) is 11.3. The fourth-order valence-corrected chi connectivity index (χ4v) is 4.53. The highest BCUT2D eigenvalue weighted by atomic mass is 32.1. The first-order valence-corrected chi connectivity index (χ1v) is 12.6. The second-order valence-electron chi connectivity index (χ2n) is 8.37. The van der Waals surface area contributed by atoms with Crippen molar-refractivity contribution in [2.45, 2.75) is 12.6 Å². The third kappa shape index (κ3) is 6.67. The largest absolute Gasteiger partial charge is 0.454 e. The lowest BCUT2D eigenvalue weighted by atomic mass is 10.1. The monoisotopic (exact) mass is 560 g/mol. The highest BCUT2D eigenvalue weighted by Gasteiger charge is 2.40. The van der Waals surface area contributed by atoms with Gasteiger partial charge in [0.15, 0.2) is 16.6 Å². The molecule has 0 aliphatic carbocycles. The number of benzene rings is 2. The van der Waals surface area contributed by atoms with Crippen LogP contribution in [0.25, 0.3) is 11.3 Å².